The fourth-order valence-electron chi connectivity index (χ4n) is 4.24. The predicted molar refractivity (Wildman–Crippen MR) is 114 cm³/mol. The fraction of sp³-hybridized carbons (Fsp3) is 0.571. The van der Waals surface area contributed by atoms with Crippen LogP contribution in [0.15, 0.2) is 24.3 Å². The van der Waals surface area contributed by atoms with Gasteiger partial charge in [-0.25, -0.2) is 4.79 Å². The molecule has 0 unspecified atom stereocenters. The molecule has 0 radical (unpaired) electrons. The second kappa shape index (κ2) is 9.60. The number of hydrogen-bond acceptors (Lipinski definition) is 6. The van der Waals surface area contributed by atoms with Crippen molar-refractivity contribution in [2.24, 2.45) is 0 Å². The van der Waals surface area contributed by atoms with Crippen LogP contribution in [-0.2, 0) is 14.2 Å². The van der Waals surface area contributed by atoms with Gasteiger partial charge in [-0.15, -0.1) is 0 Å². The van der Waals surface area contributed by atoms with E-state index in [-0.39, 0.29) is 24.3 Å². The van der Waals surface area contributed by atoms with E-state index in [0.717, 1.165) is 31.4 Å². The third kappa shape index (κ3) is 5.01. The summed E-state index contributed by atoms with van der Waals surface area (Å²) < 4.78 is 17.3. The Morgan fingerprint density at radius 1 is 1.07 bits per heavy atom. The Labute approximate surface area is 181 Å². The predicted octanol–water partition coefficient (Wildman–Crippen LogP) is 2.44. The second-order valence-corrected chi connectivity index (χ2v) is 8.32. The fourth-order valence-corrected chi connectivity index (χ4v) is 4.51. The summed E-state index contributed by atoms with van der Waals surface area (Å²) in [6, 6.07) is 9.18. The number of carbonyl (C=O) groups is 1. The number of amides is 1. The first-order valence-electron chi connectivity index (χ1n) is 10.4. The van der Waals surface area contributed by atoms with Crippen LogP contribution in [0.3, 0.4) is 0 Å². The van der Waals surface area contributed by atoms with Crippen LogP contribution in [0, 0.1) is 11.3 Å². The third-order valence-corrected chi connectivity index (χ3v) is 6.00. The van der Waals surface area contributed by atoms with Gasteiger partial charge in [-0.05, 0) is 49.3 Å². The standard InChI is InChI=1S/C21H26N4O4S/c22-10-13-6-8-15(9-7-13)23-20(30)25-16-11-27-19-17(12-28-18(16)19)29-21(26)24-14-4-2-1-3-5-14/h6-9,14,16-19H,1-5,11-12H2,(H,24,26)(H2,23,25,30)/t16-,17-,18-,19+/m1/s1. The van der Waals surface area contributed by atoms with E-state index in [9.17, 15) is 4.79 Å². The average molecular weight is 431 g/mol. The Morgan fingerprint density at radius 2 is 1.80 bits per heavy atom. The van der Waals surface area contributed by atoms with Crippen LogP contribution in [0.5, 0.6) is 0 Å². The lowest BCUT2D eigenvalue weighted by Gasteiger charge is -2.24. The molecule has 0 spiro atoms. The molecule has 1 saturated carbocycles. The summed E-state index contributed by atoms with van der Waals surface area (Å²) in [5, 5.41) is 18.6. The largest absolute Gasteiger partial charge is 0.441 e. The van der Waals surface area contributed by atoms with E-state index in [0.29, 0.717) is 23.9 Å². The van der Waals surface area contributed by atoms with Gasteiger partial charge in [0.15, 0.2) is 11.2 Å². The minimum Gasteiger partial charge on any atom is -0.441 e. The zero-order valence-electron chi connectivity index (χ0n) is 16.6. The Morgan fingerprint density at radius 3 is 2.53 bits per heavy atom. The molecule has 0 aromatic heterocycles. The quantitative estimate of drug-likeness (QED) is 0.626. The minimum atomic E-state index is -0.426. The molecule has 160 valence electrons. The van der Waals surface area contributed by atoms with E-state index >= 15 is 0 Å². The van der Waals surface area contributed by atoms with Crippen molar-refractivity contribution in [3.8, 4) is 6.07 Å². The van der Waals surface area contributed by atoms with Crippen molar-refractivity contribution in [2.45, 2.75) is 62.5 Å². The zero-order valence-corrected chi connectivity index (χ0v) is 17.5. The number of benzene rings is 1. The van der Waals surface area contributed by atoms with Gasteiger partial charge in [-0.1, -0.05) is 19.3 Å². The molecule has 1 aromatic carbocycles. The van der Waals surface area contributed by atoms with Crippen LogP contribution in [0.25, 0.3) is 0 Å². The number of nitrogens with one attached hydrogen (secondary N) is 3. The number of hydrogen-bond donors (Lipinski definition) is 3. The van der Waals surface area contributed by atoms with Gasteiger partial charge in [0.2, 0.25) is 0 Å². The Balaban J connectivity index is 1.24. The molecule has 3 aliphatic rings. The van der Waals surface area contributed by atoms with Gasteiger partial charge in [0.1, 0.15) is 12.2 Å². The topological polar surface area (TPSA) is 105 Å². The highest BCUT2D eigenvalue weighted by Crippen LogP contribution is 2.29. The van der Waals surface area contributed by atoms with Gasteiger partial charge in [0.25, 0.3) is 0 Å². The maximum atomic E-state index is 12.3. The number of fused-ring (bicyclic) bond motifs is 1. The molecule has 2 saturated heterocycles. The maximum absolute atomic E-state index is 12.3. The lowest BCUT2D eigenvalue weighted by Crippen LogP contribution is -2.46. The highest BCUT2D eigenvalue weighted by molar-refractivity contribution is 7.80. The molecule has 9 heteroatoms. The summed E-state index contributed by atoms with van der Waals surface area (Å²) >= 11 is 5.39. The molecular formula is C21H26N4O4S. The average Bonchev–Trinajstić information content (AvgIpc) is 3.33. The van der Waals surface area contributed by atoms with Crippen molar-refractivity contribution in [2.75, 3.05) is 18.5 Å². The van der Waals surface area contributed by atoms with Crippen LogP contribution >= 0.6 is 12.2 Å². The van der Waals surface area contributed by atoms with Crippen LogP contribution in [-0.4, -0.2) is 54.8 Å². The van der Waals surface area contributed by atoms with E-state index < -0.39 is 12.2 Å². The SMILES string of the molecule is N#Cc1ccc(NC(=S)N[C@@H]2CO[C@@H]3[C@@H]2OC[C@H]3OC(=O)NC2CCCCC2)cc1. The molecule has 3 N–H and O–H groups in total. The summed E-state index contributed by atoms with van der Waals surface area (Å²) in [5.74, 6) is 0. The van der Waals surface area contributed by atoms with Gasteiger partial charge >= 0.3 is 6.09 Å². The molecule has 30 heavy (non-hydrogen) atoms. The first-order valence-corrected chi connectivity index (χ1v) is 10.8. The molecule has 1 aliphatic carbocycles. The minimum absolute atomic E-state index is 0.136. The number of nitriles is 1. The Kier molecular flexibility index (Phi) is 6.67. The van der Waals surface area contributed by atoms with E-state index in [1.165, 1.54) is 6.42 Å². The number of ether oxygens (including phenoxy) is 3. The van der Waals surface area contributed by atoms with Gasteiger partial charge in [-0.3, -0.25) is 0 Å². The summed E-state index contributed by atoms with van der Waals surface area (Å²) in [7, 11) is 0. The summed E-state index contributed by atoms with van der Waals surface area (Å²) in [4.78, 5) is 12.3. The highest BCUT2D eigenvalue weighted by Gasteiger charge is 2.49. The molecule has 8 nitrogen and oxygen atoms in total. The maximum Gasteiger partial charge on any atom is 0.407 e. The molecular weight excluding hydrogens is 404 g/mol. The molecule has 3 fully saturated rings. The van der Waals surface area contributed by atoms with Crippen molar-refractivity contribution >= 4 is 29.1 Å². The van der Waals surface area contributed by atoms with Gasteiger partial charge < -0.3 is 30.2 Å². The van der Waals surface area contributed by atoms with Crippen molar-refractivity contribution in [1.29, 1.82) is 5.26 Å². The van der Waals surface area contributed by atoms with Crippen molar-refractivity contribution in [1.82, 2.24) is 10.6 Å². The van der Waals surface area contributed by atoms with Crippen LogP contribution in [0.2, 0.25) is 0 Å². The Hall–Kier alpha value is -2.41. The van der Waals surface area contributed by atoms with Crippen LogP contribution < -0.4 is 16.0 Å². The van der Waals surface area contributed by atoms with Crippen LogP contribution in [0.4, 0.5) is 10.5 Å². The normalized spacial score (nSPS) is 28.2. The second-order valence-electron chi connectivity index (χ2n) is 7.91. The molecule has 4 rings (SSSR count). The molecule has 4 atom stereocenters. The van der Waals surface area contributed by atoms with E-state index in [2.05, 4.69) is 22.0 Å². The number of thiocarbonyl (C=S) groups is 1. The lowest BCUT2D eigenvalue weighted by molar-refractivity contribution is 0.00277. The van der Waals surface area contributed by atoms with E-state index in [4.69, 9.17) is 31.7 Å². The molecule has 2 heterocycles. The smallest absolute Gasteiger partial charge is 0.407 e. The van der Waals surface area contributed by atoms with Crippen molar-refractivity contribution < 1.29 is 19.0 Å². The van der Waals surface area contributed by atoms with Crippen molar-refractivity contribution in [3.63, 3.8) is 0 Å². The monoisotopic (exact) mass is 430 g/mol. The van der Waals surface area contributed by atoms with Crippen LogP contribution in [0.1, 0.15) is 37.7 Å². The molecule has 0 bridgehead atoms. The van der Waals surface area contributed by atoms with Gasteiger partial charge in [0, 0.05) is 11.7 Å². The summed E-state index contributed by atoms with van der Waals surface area (Å²) in [6.45, 7) is 0.718. The van der Waals surface area contributed by atoms with Gasteiger partial charge in [0.05, 0.1) is 30.9 Å². The number of nitrogens with zero attached hydrogens (tertiary/aromatic N) is 1. The van der Waals surface area contributed by atoms with E-state index in [1.54, 1.807) is 24.3 Å². The van der Waals surface area contributed by atoms with E-state index in [1.807, 2.05) is 0 Å². The molecule has 1 amide bonds. The number of alkyl carbamates (subject to hydrolysis) is 1. The summed E-state index contributed by atoms with van der Waals surface area (Å²) in [6.07, 6.45) is 4.18. The first kappa shape index (κ1) is 20.8. The highest BCUT2D eigenvalue weighted by atomic mass is 32.1. The molecule has 1 aromatic rings. The number of anilines is 1. The third-order valence-electron chi connectivity index (χ3n) is 5.78. The summed E-state index contributed by atoms with van der Waals surface area (Å²) in [5.41, 5.74) is 1.37. The molecule has 2 aliphatic heterocycles. The van der Waals surface area contributed by atoms with Crippen molar-refractivity contribution in [3.05, 3.63) is 29.8 Å². The first-order chi connectivity index (χ1) is 14.6. The van der Waals surface area contributed by atoms with Gasteiger partial charge in [-0.2, -0.15) is 5.26 Å². The Bertz CT molecular complexity index is 806. The number of carbonyl (C=O) groups excluding carboxylic acids is 1. The lowest BCUT2D eigenvalue weighted by atomic mass is 9.96. The zero-order chi connectivity index (χ0) is 20.9. The number of rotatable bonds is 4.